The SMILES string of the molecule is COCC(=O)Nc1ccc(NC(=O)C2(N)CCC2)cc1. The van der Waals surface area contributed by atoms with Crippen LogP contribution in [0.5, 0.6) is 0 Å². The molecule has 6 heteroatoms. The zero-order valence-electron chi connectivity index (χ0n) is 11.4. The predicted octanol–water partition coefficient (Wildman–Crippen LogP) is 1.09. The Balaban J connectivity index is 1.91. The molecule has 0 atom stereocenters. The average Bonchev–Trinajstić information content (AvgIpc) is 2.38. The molecule has 108 valence electrons. The normalized spacial score (nSPS) is 16.1. The molecule has 0 aliphatic heterocycles. The summed E-state index contributed by atoms with van der Waals surface area (Å²) in [6.07, 6.45) is 2.45. The van der Waals surface area contributed by atoms with Gasteiger partial charge in [0.25, 0.3) is 0 Å². The lowest BCUT2D eigenvalue weighted by Gasteiger charge is -2.36. The minimum Gasteiger partial charge on any atom is -0.375 e. The number of hydrogen-bond donors (Lipinski definition) is 3. The molecule has 1 saturated carbocycles. The second kappa shape index (κ2) is 6.02. The third-order valence-corrected chi connectivity index (χ3v) is 3.40. The van der Waals surface area contributed by atoms with Gasteiger partial charge in [-0.3, -0.25) is 9.59 Å². The molecule has 1 aliphatic carbocycles. The topological polar surface area (TPSA) is 93.5 Å². The number of benzene rings is 1. The van der Waals surface area contributed by atoms with Crippen LogP contribution in [0.25, 0.3) is 0 Å². The average molecular weight is 277 g/mol. The van der Waals surface area contributed by atoms with Gasteiger partial charge < -0.3 is 21.1 Å². The standard InChI is InChI=1S/C14H19N3O3/c1-20-9-12(18)16-10-3-5-11(6-4-10)17-13(19)14(15)7-2-8-14/h3-6H,2,7-9,15H2,1H3,(H,16,18)(H,17,19). The first-order valence-corrected chi connectivity index (χ1v) is 6.53. The molecule has 0 aromatic heterocycles. The van der Waals surface area contributed by atoms with Gasteiger partial charge in [-0.25, -0.2) is 0 Å². The van der Waals surface area contributed by atoms with Crippen LogP contribution in [-0.2, 0) is 14.3 Å². The van der Waals surface area contributed by atoms with Crippen LogP contribution in [-0.4, -0.2) is 31.1 Å². The second-order valence-corrected chi connectivity index (χ2v) is 5.02. The number of hydrogen-bond acceptors (Lipinski definition) is 4. The molecule has 0 saturated heterocycles. The monoisotopic (exact) mass is 277 g/mol. The number of carbonyl (C=O) groups is 2. The van der Waals surface area contributed by atoms with E-state index in [0.29, 0.717) is 11.4 Å². The highest BCUT2D eigenvalue weighted by Crippen LogP contribution is 2.30. The van der Waals surface area contributed by atoms with Gasteiger partial charge in [-0.2, -0.15) is 0 Å². The lowest BCUT2D eigenvalue weighted by molar-refractivity contribution is -0.124. The van der Waals surface area contributed by atoms with E-state index < -0.39 is 5.54 Å². The van der Waals surface area contributed by atoms with Crippen LogP contribution in [0.15, 0.2) is 24.3 Å². The molecule has 0 heterocycles. The first-order chi connectivity index (χ1) is 9.53. The van der Waals surface area contributed by atoms with Crippen LogP contribution < -0.4 is 16.4 Å². The molecule has 1 fully saturated rings. The number of anilines is 2. The highest BCUT2D eigenvalue weighted by atomic mass is 16.5. The Bertz CT molecular complexity index is 495. The van der Waals surface area contributed by atoms with Crippen molar-refractivity contribution in [2.45, 2.75) is 24.8 Å². The van der Waals surface area contributed by atoms with Gasteiger partial charge in [0.05, 0.1) is 5.54 Å². The molecule has 20 heavy (non-hydrogen) atoms. The summed E-state index contributed by atoms with van der Waals surface area (Å²) >= 11 is 0. The predicted molar refractivity (Wildman–Crippen MR) is 76.3 cm³/mol. The molecule has 0 unspecified atom stereocenters. The fraction of sp³-hybridized carbons (Fsp3) is 0.429. The minimum atomic E-state index is -0.717. The largest absolute Gasteiger partial charge is 0.375 e. The van der Waals surface area contributed by atoms with Gasteiger partial charge in [0.1, 0.15) is 6.61 Å². The number of nitrogens with one attached hydrogen (secondary N) is 2. The molecule has 6 nitrogen and oxygen atoms in total. The Morgan fingerprint density at radius 3 is 2.20 bits per heavy atom. The van der Waals surface area contributed by atoms with Crippen molar-refractivity contribution in [1.29, 1.82) is 0 Å². The first-order valence-electron chi connectivity index (χ1n) is 6.53. The van der Waals surface area contributed by atoms with Crippen molar-refractivity contribution in [3.05, 3.63) is 24.3 Å². The number of ether oxygens (including phenoxy) is 1. The van der Waals surface area contributed by atoms with Crippen LogP contribution in [0.2, 0.25) is 0 Å². The van der Waals surface area contributed by atoms with Crippen molar-refractivity contribution in [1.82, 2.24) is 0 Å². The summed E-state index contributed by atoms with van der Waals surface area (Å²) in [7, 11) is 1.46. The Labute approximate surface area is 117 Å². The summed E-state index contributed by atoms with van der Waals surface area (Å²) in [5.74, 6) is -0.375. The number of nitrogens with two attached hydrogens (primary N) is 1. The van der Waals surface area contributed by atoms with Crippen molar-refractivity contribution in [3.8, 4) is 0 Å². The molecule has 1 aromatic rings. The van der Waals surface area contributed by atoms with Gasteiger partial charge in [-0.05, 0) is 43.5 Å². The Hall–Kier alpha value is -1.92. The van der Waals surface area contributed by atoms with Crippen LogP contribution in [0, 0.1) is 0 Å². The molecule has 0 bridgehead atoms. The minimum absolute atomic E-state index is 0.00812. The van der Waals surface area contributed by atoms with Crippen molar-refractivity contribution >= 4 is 23.2 Å². The van der Waals surface area contributed by atoms with E-state index in [1.165, 1.54) is 7.11 Å². The quantitative estimate of drug-likeness (QED) is 0.751. The summed E-state index contributed by atoms with van der Waals surface area (Å²) in [4.78, 5) is 23.3. The fourth-order valence-electron chi connectivity index (χ4n) is 2.01. The Morgan fingerprint density at radius 2 is 1.75 bits per heavy atom. The number of rotatable bonds is 5. The maximum Gasteiger partial charge on any atom is 0.250 e. The molecule has 0 radical (unpaired) electrons. The van der Waals surface area contributed by atoms with E-state index >= 15 is 0 Å². The molecule has 4 N–H and O–H groups in total. The summed E-state index contributed by atoms with van der Waals surface area (Å²) in [5.41, 5.74) is 6.54. The molecule has 1 aliphatic rings. The maximum absolute atomic E-state index is 11.9. The van der Waals surface area contributed by atoms with Gasteiger partial charge in [-0.1, -0.05) is 0 Å². The zero-order chi connectivity index (χ0) is 14.6. The molecular formula is C14H19N3O3. The summed E-state index contributed by atoms with van der Waals surface area (Å²) in [6.45, 7) is 0.00812. The number of methoxy groups -OCH3 is 1. The number of carbonyl (C=O) groups excluding carboxylic acids is 2. The fourth-order valence-corrected chi connectivity index (χ4v) is 2.01. The Kier molecular flexibility index (Phi) is 4.36. The smallest absolute Gasteiger partial charge is 0.250 e. The second-order valence-electron chi connectivity index (χ2n) is 5.02. The molecular weight excluding hydrogens is 258 g/mol. The van der Waals surface area contributed by atoms with Gasteiger partial charge in [0.2, 0.25) is 11.8 Å². The van der Waals surface area contributed by atoms with Crippen molar-refractivity contribution in [2.75, 3.05) is 24.4 Å². The van der Waals surface area contributed by atoms with E-state index in [4.69, 9.17) is 10.5 Å². The van der Waals surface area contributed by atoms with Crippen LogP contribution in [0.3, 0.4) is 0 Å². The van der Waals surface area contributed by atoms with E-state index in [2.05, 4.69) is 10.6 Å². The lowest BCUT2D eigenvalue weighted by atomic mass is 9.77. The third-order valence-electron chi connectivity index (χ3n) is 3.40. The highest BCUT2D eigenvalue weighted by molar-refractivity contribution is 5.99. The highest BCUT2D eigenvalue weighted by Gasteiger charge is 2.40. The van der Waals surface area contributed by atoms with Crippen LogP contribution >= 0.6 is 0 Å². The summed E-state index contributed by atoms with van der Waals surface area (Å²) in [5, 5.41) is 5.46. The van der Waals surface area contributed by atoms with Gasteiger partial charge in [0.15, 0.2) is 0 Å². The van der Waals surface area contributed by atoms with Crippen LogP contribution in [0.4, 0.5) is 11.4 Å². The van der Waals surface area contributed by atoms with Crippen molar-refractivity contribution in [2.24, 2.45) is 5.73 Å². The van der Waals surface area contributed by atoms with Crippen molar-refractivity contribution < 1.29 is 14.3 Å². The van der Waals surface area contributed by atoms with Crippen molar-refractivity contribution in [3.63, 3.8) is 0 Å². The van der Waals surface area contributed by atoms with E-state index in [0.717, 1.165) is 19.3 Å². The van der Waals surface area contributed by atoms with E-state index in [9.17, 15) is 9.59 Å². The van der Waals surface area contributed by atoms with E-state index in [1.807, 2.05) is 0 Å². The molecule has 2 rings (SSSR count). The first kappa shape index (κ1) is 14.5. The van der Waals surface area contributed by atoms with E-state index in [-0.39, 0.29) is 18.4 Å². The van der Waals surface area contributed by atoms with Gasteiger partial charge >= 0.3 is 0 Å². The Morgan fingerprint density at radius 1 is 1.20 bits per heavy atom. The van der Waals surface area contributed by atoms with Gasteiger partial charge in [-0.15, -0.1) is 0 Å². The van der Waals surface area contributed by atoms with E-state index in [1.54, 1.807) is 24.3 Å². The number of amides is 2. The molecule has 2 amide bonds. The maximum atomic E-state index is 11.9. The van der Waals surface area contributed by atoms with Gasteiger partial charge in [0, 0.05) is 18.5 Å². The zero-order valence-corrected chi connectivity index (χ0v) is 11.4. The van der Waals surface area contributed by atoms with Crippen LogP contribution in [0.1, 0.15) is 19.3 Å². The molecule has 1 aromatic carbocycles. The summed E-state index contributed by atoms with van der Waals surface area (Å²) < 4.78 is 4.73. The summed E-state index contributed by atoms with van der Waals surface area (Å²) in [6, 6.07) is 6.88. The third kappa shape index (κ3) is 3.34. The lowest BCUT2D eigenvalue weighted by Crippen LogP contribution is -2.56. The molecule has 0 spiro atoms.